The number of hydrogen-bond donors (Lipinski definition) is 1. The van der Waals surface area contributed by atoms with E-state index in [1.54, 1.807) is 13.1 Å². The first-order chi connectivity index (χ1) is 11.6. The number of anilines is 1. The fraction of sp³-hybridized carbons (Fsp3) is 0.632. The van der Waals surface area contributed by atoms with E-state index in [-0.39, 0.29) is 11.3 Å². The predicted molar refractivity (Wildman–Crippen MR) is 91.8 cm³/mol. The number of pyridine rings is 1. The van der Waals surface area contributed by atoms with E-state index in [9.17, 15) is 9.59 Å². The lowest BCUT2D eigenvalue weighted by Crippen LogP contribution is -2.44. The van der Waals surface area contributed by atoms with Crippen molar-refractivity contribution >= 4 is 17.5 Å². The van der Waals surface area contributed by atoms with Gasteiger partial charge in [-0.3, -0.25) is 4.79 Å². The van der Waals surface area contributed by atoms with Gasteiger partial charge < -0.3 is 15.0 Å². The molecule has 0 aromatic carbocycles. The highest BCUT2D eigenvalue weighted by molar-refractivity contribution is 6.05. The topological polar surface area (TPSA) is 62.3 Å². The maximum atomic E-state index is 12.6. The van der Waals surface area contributed by atoms with Crippen molar-refractivity contribution in [3.63, 3.8) is 0 Å². The zero-order chi connectivity index (χ0) is 16.7. The van der Waals surface area contributed by atoms with E-state index >= 15 is 0 Å². The Morgan fingerprint density at radius 2 is 2.17 bits per heavy atom. The summed E-state index contributed by atoms with van der Waals surface area (Å²) in [6, 6.07) is 4.54. The van der Waals surface area contributed by atoms with E-state index in [2.05, 4.69) is 21.3 Å². The van der Waals surface area contributed by atoms with Crippen LogP contribution in [0.3, 0.4) is 0 Å². The van der Waals surface area contributed by atoms with Crippen LogP contribution >= 0.6 is 0 Å². The second-order valence-electron chi connectivity index (χ2n) is 7.72. The van der Waals surface area contributed by atoms with Gasteiger partial charge in [-0.05, 0) is 57.6 Å². The molecule has 0 bridgehead atoms. The normalized spacial score (nSPS) is 32.8. The quantitative estimate of drug-likeness (QED) is 0.926. The summed E-state index contributed by atoms with van der Waals surface area (Å²) in [6.45, 7) is 3.83. The molecule has 1 saturated carbocycles. The van der Waals surface area contributed by atoms with Gasteiger partial charge in [-0.1, -0.05) is 6.07 Å². The Kier molecular flexibility index (Phi) is 3.91. The number of rotatable bonds is 3. The number of nitrogens with one attached hydrogen (secondary N) is 1. The number of ketones is 1. The van der Waals surface area contributed by atoms with Gasteiger partial charge in [0.05, 0.1) is 5.41 Å². The summed E-state index contributed by atoms with van der Waals surface area (Å²) in [4.78, 5) is 30.8. The number of nitrogens with zero attached hydrogens (tertiary/aromatic N) is 2. The third-order valence-corrected chi connectivity index (χ3v) is 6.21. The van der Waals surface area contributed by atoms with Crippen molar-refractivity contribution in [3.8, 4) is 0 Å². The van der Waals surface area contributed by atoms with Crippen LogP contribution in [-0.2, 0) is 15.0 Å². The fourth-order valence-corrected chi connectivity index (χ4v) is 4.96. The molecule has 5 nitrogen and oxygen atoms in total. The molecule has 5 heteroatoms. The lowest BCUT2D eigenvalue weighted by molar-refractivity contribution is -0.122. The molecular formula is C19H25N3O2. The Hall–Kier alpha value is -1.75. The first kappa shape index (κ1) is 15.8. The van der Waals surface area contributed by atoms with Crippen molar-refractivity contribution in [3.05, 3.63) is 23.9 Å². The molecule has 2 aliphatic heterocycles. The van der Waals surface area contributed by atoms with E-state index in [4.69, 9.17) is 0 Å². The molecular weight excluding hydrogens is 302 g/mol. The third-order valence-electron chi connectivity index (χ3n) is 6.21. The van der Waals surface area contributed by atoms with Crippen LogP contribution in [0.5, 0.6) is 0 Å². The average molecular weight is 327 g/mol. The number of fused-ring (bicyclic) bond motifs is 2. The molecule has 0 radical (unpaired) electrons. The van der Waals surface area contributed by atoms with Gasteiger partial charge in [-0.2, -0.15) is 0 Å². The Labute approximate surface area is 142 Å². The molecule has 3 aliphatic rings. The lowest BCUT2D eigenvalue weighted by atomic mass is 9.69. The highest BCUT2D eigenvalue weighted by Gasteiger charge is 2.50. The standard InChI is InChI=1S/C19H25N3O2/c1-13(23)11-14-6-10-22(12-14)15-4-7-19(8-5-15)16-3-2-9-20-17(16)21-18(19)24/h2-3,9,14-15H,4-8,10-12H2,1H3,(H,20,21,24)/t14-,15?,19?/m1/s1. The molecule has 128 valence electrons. The highest BCUT2D eigenvalue weighted by atomic mass is 16.2. The van der Waals surface area contributed by atoms with Crippen LogP contribution in [0.15, 0.2) is 18.3 Å². The zero-order valence-electron chi connectivity index (χ0n) is 14.3. The molecule has 1 spiro atoms. The van der Waals surface area contributed by atoms with Gasteiger partial charge in [-0.25, -0.2) is 4.98 Å². The summed E-state index contributed by atoms with van der Waals surface area (Å²) in [5.41, 5.74) is 0.725. The largest absolute Gasteiger partial charge is 0.310 e. The first-order valence-electron chi connectivity index (χ1n) is 9.09. The average Bonchev–Trinajstić information content (AvgIpc) is 3.12. The van der Waals surface area contributed by atoms with Crippen LogP contribution in [0.4, 0.5) is 5.82 Å². The van der Waals surface area contributed by atoms with Gasteiger partial charge in [-0.15, -0.1) is 0 Å². The summed E-state index contributed by atoms with van der Waals surface area (Å²) in [7, 11) is 0. The van der Waals surface area contributed by atoms with E-state index in [1.165, 1.54) is 0 Å². The van der Waals surface area contributed by atoms with Gasteiger partial charge >= 0.3 is 0 Å². The molecule has 2 fully saturated rings. The zero-order valence-corrected chi connectivity index (χ0v) is 14.3. The molecule has 1 aromatic rings. The summed E-state index contributed by atoms with van der Waals surface area (Å²) in [6.07, 6.45) is 7.49. The smallest absolute Gasteiger partial charge is 0.236 e. The second-order valence-corrected chi connectivity index (χ2v) is 7.72. The van der Waals surface area contributed by atoms with Gasteiger partial charge in [0.15, 0.2) is 0 Å². The highest BCUT2D eigenvalue weighted by Crippen LogP contribution is 2.47. The Morgan fingerprint density at radius 3 is 2.92 bits per heavy atom. The predicted octanol–water partition coefficient (Wildman–Crippen LogP) is 2.52. The number of carbonyl (C=O) groups excluding carboxylic acids is 2. The van der Waals surface area contributed by atoms with E-state index in [1.807, 2.05) is 6.07 Å². The van der Waals surface area contributed by atoms with Crippen LogP contribution in [-0.4, -0.2) is 40.7 Å². The number of aromatic nitrogens is 1. The van der Waals surface area contributed by atoms with Crippen LogP contribution in [0.2, 0.25) is 0 Å². The van der Waals surface area contributed by atoms with Crippen LogP contribution in [0, 0.1) is 5.92 Å². The monoisotopic (exact) mass is 327 g/mol. The second kappa shape index (κ2) is 5.96. The van der Waals surface area contributed by atoms with Gasteiger partial charge in [0, 0.05) is 30.8 Å². The molecule has 1 aliphatic carbocycles. The van der Waals surface area contributed by atoms with Crippen molar-refractivity contribution in [1.29, 1.82) is 0 Å². The summed E-state index contributed by atoms with van der Waals surface area (Å²) >= 11 is 0. The molecule has 0 unspecified atom stereocenters. The van der Waals surface area contributed by atoms with Crippen molar-refractivity contribution in [1.82, 2.24) is 9.88 Å². The third kappa shape index (κ3) is 2.55. The van der Waals surface area contributed by atoms with Crippen molar-refractivity contribution in [2.75, 3.05) is 18.4 Å². The number of carbonyl (C=O) groups is 2. The molecule has 4 rings (SSSR count). The number of Topliss-reactive ketones (excluding diaryl/α,β-unsaturated/α-hetero) is 1. The molecule has 24 heavy (non-hydrogen) atoms. The van der Waals surface area contributed by atoms with Crippen LogP contribution in [0.25, 0.3) is 0 Å². The minimum Gasteiger partial charge on any atom is -0.310 e. The molecule has 3 heterocycles. The Morgan fingerprint density at radius 1 is 1.38 bits per heavy atom. The number of hydrogen-bond acceptors (Lipinski definition) is 4. The minimum atomic E-state index is -0.362. The molecule has 1 saturated heterocycles. The SMILES string of the molecule is CC(=O)C[C@H]1CCN(C2CCC3(CC2)C(=O)Nc2ncccc23)C1. The minimum absolute atomic E-state index is 0.130. The van der Waals surface area contributed by atoms with Crippen molar-refractivity contribution in [2.45, 2.75) is 56.9 Å². The van der Waals surface area contributed by atoms with Crippen molar-refractivity contribution < 1.29 is 9.59 Å². The molecule has 1 aromatic heterocycles. The summed E-state index contributed by atoms with van der Waals surface area (Å²) in [5.74, 6) is 1.71. The van der Waals surface area contributed by atoms with E-state index in [0.717, 1.165) is 56.6 Å². The van der Waals surface area contributed by atoms with Crippen LogP contribution < -0.4 is 5.32 Å². The summed E-state index contributed by atoms with van der Waals surface area (Å²) < 4.78 is 0. The number of likely N-dealkylation sites (tertiary alicyclic amines) is 1. The number of amides is 1. The maximum Gasteiger partial charge on any atom is 0.236 e. The Bertz CT molecular complexity index is 664. The van der Waals surface area contributed by atoms with Gasteiger partial charge in [0.2, 0.25) is 5.91 Å². The fourth-order valence-electron chi connectivity index (χ4n) is 4.96. The molecule has 1 N–H and O–H groups in total. The van der Waals surface area contributed by atoms with Gasteiger partial charge in [0.1, 0.15) is 11.6 Å². The Balaban J connectivity index is 1.43. The molecule has 1 atom stereocenters. The van der Waals surface area contributed by atoms with E-state index < -0.39 is 0 Å². The van der Waals surface area contributed by atoms with Crippen molar-refractivity contribution in [2.24, 2.45) is 5.92 Å². The van der Waals surface area contributed by atoms with Gasteiger partial charge in [0.25, 0.3) is 0 Å². The lowest BCUT2D eigenvalue weighted by Gasteiger charge is -2.39. The summed E-state index contributed by atoms with van der Waals surface area (Å²) in [5, 5.41) is 2.97. The maximum absolute atomic E-state index is 12.6. The molecule has 1 amide bonds. The van der Waals surface area contributed by atoms with E-state index in [0.29, 0.717) is 24.2 Å². The van der Waals surface area contributed by atoms with Crippen LogP contribution in [0.1, 0.15) is 51.0 Å². The first-order valence-corrected chi connectivity index (χ1v) is 9.09.